The number of carbonyl (C=O) groups excluding carboxylic acids is 1. The molecule has 19 heavy (non-hydrogen) atoms. The van der Waals surface area contributed by atoms with Gasteiger partial charge in [0.25, 0.3) is 13.1 Å². The van der Waals surface area contributed by atoms with Gasteiger partial charge in [-0.1, -0.05) is 49.0 Å². The van der Waals surface area contributed by atoms with Crippen LogP contribution in [0.1, 0.15) is 32.3 Å². The highest BCUT2D eigenvalue weighted by atomic mass is 16.5. The number of hydrogen-bond acceptors (Lipinski definition) is 2. The van der Waals surface area contributed by atoms with Crippen molar-refractivity contribution in [1.29, 1.82) is 0 Å². The highest BCUT2D eigenvalue weighted by Gasteiger charge is 2.40. The summed E-state index contributed by atoms with van der Waals surface area (Å²) in [6.45, 7) is 4.25. The van der Waals surface area contributed by atoms with Crippen molar-refractivity contribution >= 4 is 5.97 Å². The number of carbonyl (C=O) groups is 1. The summed E-state index contributed by atoms with van der Waals surface area (Å²) in [5, 5.41) is 0. The van der Waals surface area contributed by atoms with Crippen LogP contribution in [-0.4, -0.2) is 20.1 Å². The molecular formula is C16H22NO2+. The van der Waals surface area contributed by atoms with E-state index in [0.717, 1.165) is 5.56 Å². The molecule has 0 saturated heterocycles. The normalized spacial score (nSPS) is 13.3. The molecule has 0 amide bonds. The summed E-state index contributed by atoms with van der Waals surface area (Å²) in [6, 6.07) is 13.3. The highest BCUT2D eigenvalue weighted by Crippen LogP contribution is 2.36. The van der Waals surface area contributed by atoms with Gasteiger partial charge >= 0.3 is 5.97 Å². The van der Waals surface area contributed by atoms with Gasteiger partial charge in [0.2, 0.25) is 0 Å². The van der Waals surface area contributed by atoms with Crippen LogP contribution in [0.25, 0.3) is 4.85 Å². The van der Waals surface area contributed by atoms with Crippen molar-refractivity contribution in [1.82, 2.24) is 0 Å². The number of rotatable bonds is 5. The summed E-state index contributed by atoms with van der Waals surface area (Å²) in [4.78, 5) is 15.5. The Labute approximate surface area is 115 Å². The first-order chi connectivity index (χ1) is 9.06. The number of hydrogen-bond donors (Lipinski definition) is 0. The average Bonchev–Trinajstić information content (AvgIpc) is 2.43. The second kappa shape index (κ2) is 6.94. The first kappa shape index (κ1) is 15.2. The minimum Gasteiger partial charge on any atom is -0.469 e. The molecule has 0 aliphatic heterocycles. The zero-order valence-electron chi connectivity index (χ0n) is 12.1. The second-order valence-electron chi connectivity index (χ2n) is 4.90. The molecule has 1 unspecified atom stereocenters. The molecule has 0 fully saturated rings. The van der Waals surface area contributed by atoms with Crippen molar-refractivity contribution < 1.29 is 9.53 Å². The minimum atomic E-state index is -0.343. The second-order valence-corrected chi connectivity index (χ2v) is 4.90. The molecule has 1 rings (SSSR count). The average molecular weight is 260 g/mol. The largest absolute Gasteiger partial charge is 0.469 e. The first-order valence-corrected chi connectivity index (χ1v) is 6.55. The maximum Gasteiger partial charge on any atom is 0.305 e. The van der Waals surface area contributed by atoms with Crippen molar-refractivity contribution in [2.75, 3.05) is 14.2 Å². The standard InChI is InChI=1S/C16H22NO2/c1-13(2)16(12-17-3,11-10-15(18)19-4)14-8-6-5-7-9-14/h5-9,13H,10-11H2,1-4H3/q+1. The third kappa shape index (κ3) is 3.57. The van der Waals surface area contributed by atoms with E-state index in [2.05, 4.69) is 36.9 Å². The summed E-state index contributed by atoms with van der Waals surface area (Å²) in [5.41, 5.74) is 0.795. The Morgan fingerprint density at radius 1 is 1.37 bits per heavy atom. The Morgan fingerprint density at radius 2 is 2.00 bits per heavy atom. The summed E-state index contributed by atoms with van der Waals surface area (Å²) < 4.78 is 4.74. The maximum absolute atomic E-state index is 11.4. The summed E-state index contributed by atoms with van der Waals surface area (Å²) in [7, 11) is 3.14. The molecule has 3 heteroatoms. The van der Waals surface area contributed by atoms with Crippen LogP contribution < -0.4 is 0 Å². The molecule has 0 aliphatic carbocycles. The van der Waals surface area contributed by atoms with Crippen molar-refractivity contribution in [3.05, 3.63) is 40.7 Å². The van der Waals surface area contributed by atoms with Gasteiger partial charge in [0.1, 0.15) is 5.41 Å². The fourth-order valence-corrected chi connectivity index (χ4v) is 2.35. The minimum absolute atomic E-state index is 0.196. The topological polar surface area (TPSA) is 30.7 Å². The lowest BCUT2D eigenvalue weighted by Gasteiger charge is -2.28. The van der Waals surface area contributed by atoms with Crippen LogP contribution in [-0.2, 0) is 14.9 Å². The van der Waals surface area contributed by atoms with Gasteiger partial charge in [-0.05, 0) is 17.9 Å². The molecule has 0 spiro atoms. The molecule has 0 saturated carbocycles. The summed E-state index contributed by atoms with van der Waals surface area (Å²) in [6.07, 6.45) is 1.02. The van der Waals surface area contributed by atoms with Gasteiger partial charge in [0, 0.05) is 6.42 Å². The molecule has 1 aromatic rings. The zero-order chi connectivity index (χ0) is 14.3. The fraction of sp³-hybridized carbons (Fsp3) is 0.500. The van der Waals surface area contributed by atoms with E-state index in [0.29, 0.717) is 18.8 Å². The number of methoxy groups -OCH3 is 1. The predicted octanol–water partition coefficient (Wildman–Crippen LogP) is 3.50. The Kier molecular flexibility index (Phi) is 5.57. The molecular weight excluding hydrogens is 238 g/mol. The third-order valence-electron chi connectivity index (χ3n) is 3.54. The lowest BCUT2D eigenvalue weighted by Crippen LogP contribution is -2.31. The molecule has 0 heterocycles. The quantitative estimate of drug-likeness (QED) is 0.759. The SMILES string of the molecule is C[N+]#CC(CCC(=O)OC)(c1ccccc1)C(C)C. The lowest BCUT2D eigenvalue weighted by atomic mass is 9.70. The van der Waals surface area contributed by atoms with E-state index in [1.165, 1.54) is 7.11 Å². The Balaban J connectivity index is 3.14. The first-order valence-electron chi connectivity index (χ1n) is 6.55. The van der Waals surface area contributed by atoms with Crippen LogP contribution in [0.5, 0.6) is 0 Å². The third-order valence-corrected chi connectivity index (χ3v) is 3.54. The van der Waals surface area contributed by atoms with Crippen molar-refractivity contribution in [3.8, 4) is 6.07 Å². The van der Waals surface area contributed by atoms with Crippen LogP contribution in [0.3, 0.4) is 0 Å². The lowest BCUT2D eigenvalue weighted by molar-refractivity contribution is -0.141. The van der Waals surface area contributed by atoms with E-state index in [1.807, 2.05) is 18.2 Å². The van der Waals surface area contributed by atoms with E-state index in [9.17, 15) is 4.79 Å². The number of esters is 1. The molecule has 0 aliphatic rings. The molecule has 3 nitrogen and oxygen atoms in total. The molecule has 1 atom stereocenters. The van der Waals surface area contributed by atoms with Crippen LogP contribution >= 0.6 is 0 Å². The Morgan fingerprint density at radius 3 is 2.47 bits per heavy atom. The van der Waals surface area contributed by atoms with E-state index in [1.54, 1.807) is 7.05 Å². The zero-order valence-corrected chi connectivity index (χ0v) is 12.1. The number of benzene rings is 1. The van der Waals surface area contributed by atoms with E-state index in [4.69, 9.17) is 4.74 Å². The van der Waals surface area contributed by atoms with Crippen molar-refractivity contribution in [2.45, 2.75) is 32.1 Å². The van der Waals surface area contributed by atoms with E-state index < -0.39 is 0 Å². The fourth-order valence-electron chi connectivity index (χ4n) is 2.35. The van der Waals surface area contributed by atoms with Gasteiger partial charge in [0.05, 0.1) is 7.11 Å². The predicted molar refractivity (Wildman–Crippen MR) is 77.4 cm³/mol. The summed E-state index contributed by atoms with van der Waals surface area (Å²) >= 11 is 0. The Hall–Kier alpha value is -1.82. The summed E-state index contributed by atoms with van der Waals surface area (Å²) in [5.74, 6) is 0.0992. The van der Waals surface area contributed by atoms with Gasteiger partial charge in [-0.15, -0.1) is 0 Å². The monoisotopic (exact) mass is 260 g/mol. The van der Waals surface area contributed by atoms with Gasteiger partial charge in [-0.3, -0.25) is 4.79 Å². The maximum atomic E-state index is 11.4. The van der Waals surface area contributed by atoms with E-state index >= 15 is 0 Å². The Bertz CT molecular complexity index is 471. The van der Waals surface area contributed by atoms with Gasteiger partial charge in [0.15, 0.2) is 0 Å². The molecule has 1 aromatic carbocycles. The molecule has 102 valence electrons. The number of ether oxygens (including phenoxy) is 1. The molecule has 0 N–H and O–H groups in total. The molecule has 0 aromatic heterocycles. The van der Waals surface area contributed by atoms with Crippen LogP contribution in [0, 0.1) is 12.0 Å². The van der Waals surface area contributed by atoms with Crippen molar-refractivity contribution in [2.24, 2.45) is 5.92 Å². The van der Waals surface area contributed by atoms with Gasteiger partial charge in [-0.25, -0.2) is 0 Å². The molecule has 0 radical (unpaired) electrons. The molecule has 0 bridgehead atoms. The van der Waals surface area contributed by atoms with E-state index in [-0.39, 0.29) is 11.4 Å². The highest BCUT2D eigenvalue weighted by molar-refractivity contribution is 5.69. The van der Waals surface area contributed by atoms with Crippen LogP contribution in [0.15, 0.2) is 30.3 Å². The van der Waals surface area contributed by atoms with Crippen molar-refractivity contribution in [3.63, 3.8) is 0 Å². The van der Waals surface area contributed by atoms with Gasteiger partial charge in [-0.2, -0.15) is 0 Å². The smallest absolute Gasteiger partial charge is 0.305 e. The van der Waals surface area contributed by atoms with Crippen LogP contribution in [0.2, 0.25) is 0 Å². The number of nitrogens with zero attached hydrogens (tertiary/aromatic N) is 1. The van der Waals surface area contributed by atoms with Gasteiger partial charge < -0.3 is 4.74 Å². The van der Waals surface area contributed by atoms with Crippen LogP contribution in [0.4, 0.5) is 0 Å².